The van der Waals surface area contributed by atoms with Crippen LogP contribution in [0.25, 0.3) is 10.9 Å². The van der Waals surface area contributed by atoms with Gasteiger partial charge in [-0.25, -0.2) is 0 Å². The molecule has 0 aliphatic heterocycles. The minimum atomic E-state index is -0.886. The first kappa shape index (κ1) is 34.8. The molecular weight excluding hydrogens is 514 g/mol. The third-order valence-electron chi connectivity index (χ3n) is 8.12. The van der Waals surface area contributed by atoms with E-state index < -0.39 is 11.5 Å². The Morgan fingerprint density at radius 2 is 1.46 bits per heavy atom. The number of ether oxygens (including phenoxy) is 1. The fraction of sp³-hybridized carbons (Fsp3) is 0.697. The number of carbonyl (C=O) groups excluding carboxylic acids is 2. The smallest absolute Gasteiger partial charge is 0.313 e. The van der Waals surface area contributed by atoms with Crippen LogP contribution in [-0.2, 0) is 37.0 Å². The highest BCUT2D eigenvalue weighted by Crippen LogP contribution is 2.41. The van der Waals surface area contributed by atoms with Gasteiger partial charge in [0, 0.05) is 28.6 Å². The number of rotatable bonds is 12. The lowest BCUT2D eigenvalue weighted by molar-refractivity contribution is -0.154. The molecule has 41 heavy (non-hydrogen) atoms. The van der Waals surface area contributed by atoms with Crippen LogP contribution in [0.4, 0.5) is 0 Å². The molecule has 1 amide bonds. The van der Waals surface area contributed by atoms with Crippen LogP contribution < -0.4 is 22.5 Å². The van der Waals surface area contributed by atoms with Crippen molar-refractivity contribution < 1.29 is 14.3 Å². The van der Waals surface area contributed by atoms with Crippen molar-refractivity contribution in [1.82, 2.24) is 10.3 Å². The molecule has 2 aromatic rings. The first-order valence-electron chi connectivity index (χ1n) is 15.0. The van der Waals surface area contributed by atoms with Crippen molar-refractivity contribution in [3.63, 3.8) is 0 Å². The van der Waals surface area contributed by atoms with E-state index >= 15 is 0 Å². The number of nitrogens with one attached hydrogen (secondary N) is 2. The van der Waals surface area contributed by atoms with Gasteiger partial charge >= 0.3 is 5.97 Å². The van der Waals surface area contributed by atoms with Crippen LogP contribution in [0.2, 0.25) is 0 Å². The van der Waals surface area contributed by atoms with Gasteiger partial charge in [-0.2, -0.15) is 0 Å². The summed E-state index contributed by atoms with van der Waals surface area (Å²) in [6, 6.07) is 3.76. The number of hydrogen-bond donors (Lipinski definition) is 5. The van der Waals surface area contributed by atoms with Crippen molar-refractivity contribution in [3.8, 4) is 0 Å². The van der Waals surface area contributed by atoms with Gasteiger partial charge in [-0.3, -0.25) is 9.59 Å². The van der Waals surface area contributed by atoms with Crippen LogP contribution in [0.15, 0.2) is 12.1 Å². The number of H-pyrrole nitrogens is 1. The Balaban J connectivity index is 2.53. The van der Waals surface area contributed by atoms with Gasteiger partial charge in [0.2, 0.25) is 5.91 Å². The van der Waals surface area contributed by atoms with E-state index in [4.69, 9.17) is 21.9 Å². The van der Waals surface area contributed by atoms with Gasteiger partial charge in [-0.1, -0.05) is 68.4 Å². The van der Waals surface area contributed by atoms with Gasteiger partial charge in [-0.15, -0.1) is 0 Å². The van der Waals surface area contributed by atoms with E-state index in [0.717, 1.165) is 22.2 Å². The number of methoxy groups -OCH3 is 1. The quantitative estimate of drug-likeness (QED) is 0.234. The molecule has 0 fully saturated rings. The highest BCUT2D eigenvalue weighted by Gasteiger charge is 2.39. The lowest BCUT2D eigenvalue weighted by Gasteiger charge is -2.32. The zero-order valence-corrected chi connectivity index (χ0v) is 27.3. The van der Waals surface area contributed by atoms with Crippen molar-refractivity contribution in [3.05, 3.63) is 34.5 Å². The van der Waals surface area contributed by atoms with E-state index in [9.17, 15) is 9.59 Å². The summed E-state index contributed by atoms with van der Waals surface area (Å²) >= 11 is 0. The van der Waals surface area contributed by atoms with Gasteiger partial charge in [0.1, 0.15) is 0 Å². The molecule has 0 spiro atoms. The number of hydrogen-bond acceptors (Lipinski definition) is 6. The van der Waals surface area contributed by atoms with E-state index in [1.165, 1.54) is 18.2 Å². The number of esters is 1. The SMILES string of the molecule is COC(=O)C(CCCN)(CCCN)CNC(=O)[C@@H](N)Cc1c(C(C)(C)C)[nH]c2cc(C(C)(C)C)cc(C(C)(C)C)c12. The molecule has 1 aromatic heterocycles. The Kier molecular flexibility index (Phi) is 11.2. The molecule has 0 aliphatic rings. The Labute approximate surface area is 247 Å². The van der Waals surface area contributed by atoms with Crippen LogP contribution in [-0.4, -0.2) is 49.6 Å². The second kappa shape index (κ2) is 13.3. The predicted octanol–water partition coefficient (Wildman–Crippen LogP) is 4.68. The average molecular weight is 572 g/mol. The summed E-state index contributed by atoms with van der Waals surface area (Å²) in [5.41, 5.74) is 22.7. The molecular formula is C33H57N5O3. The number of carbonyl (C=O) groups is 2. The van der Waals surface area contributed by atoms with E-state index in [1.54, 1.807) is 0 Å². The maximum atomic E-state index is 13.5. The number of aromatic amines is 1. The fourth-order valence-corrected chi connectivity index (χ4v) is 5.65. The summed E-state index contributed by atoms with van der Waals surface area (Å²) < 4.78 is 5.16. The maximum Gasteiger partial charge on any atom is 0.313 e. The van der Waals surface area contributed by atoms with Gasteiger partial charge in [-0.05, 0) is 78.8 Å². The monoisotopic (exact) mass is 571 g/mol. The Hall–Kier alpha value is -2.42. The Morgan fingerprint density at radius 3 is 1.90 bits per heavy atom. The molecule has 0 saturated heterocycles. The van der Waals surface area contributed by atoms with Crippen molar-refractivity contribution in [1.29, 1.82) is 0 Å². The number of aromatic nitrogens is 1. The summed E-state index contributed by atoms with van der Waals surface area (Å²) in [5.74, 6) is -0.652. The fourth-order valence-electron chi connectivity index (χ4n) is 5.65. The topological polar surface area (TPSA) is 149 Å². The average Bonchev–Trinajstić information content (AvgIpc) is 3.24. The van der Waals surface area contributed by atoms with Crippen molar-refractivity contribution in [2.45, 2.75) is 117 Å². The third-order valence-corrected chi connectivity index (χ3v) is 8.12. The van der Waals surface area contributed by atoms with Crippen LogP contribution in [0.5, 0.6) is 0 Å². The molecule has 0 bridgehead atoms. The zero-order chi connectivity index (χ0) is 31.4. The number of nitrogens with two attached hydrogens (primary N) is 3. The van der Waals surface area contributed by atoms with Crippen LogP contribution in [0.1, 0.15) is 110 Å². The molecule has 0 saturated carbocycles. The molecule has 2 rings (SSSR count). The van der Waals surface area contributed by atoms with E-state index in [1.807, 2.05) is 0 Å². The standard InChI is InChI=1S/C33H57N5O3/c1-30(2,3)21-17-23(31(4,5)6)26-22(27(32(7,8)9)38-25(26)18-21)19-24(36)28(39)37-20-33(13-11-15-34,14-12-16-35)29(40)41-10/h17-18,24,38H,11-16,19-20,34-36H2,1-10H3,(H,37,39)/t24-/m0/s1. The van der Waals surface area contributed by atoms with Crippen molar-refractivity contribution in [2.24, 2.45) is 22.6 Å². The first-order valence-corrected chi connectivity index (χ1v) is 15.0. The maximum absolute atomic E-state index is 13.5. The Bertz CT molecular complexity index is 1190. The molecule has 8 N–H and O–H groups in total. The summed E-state index contributed by atoms with van der Waals surface area (Å²) in [7, 11) is 1.37. The van der Waals surface area contributed by atoms with Gasteiger partial charge in [0.25, 0.3) is 0 Å². The molecule has 1 aromatic carbocycles. The highest BCUT2D eigenvalue weighted by atomic mass is 16.5. The van der Waals surface area contributed by atoms with Gasteiger partial charge in [0.05, 0.1) is 18.6 Å². The van der Waals surface area contributed by atoms with E-state index in [-0.39, 0.29) is 34.7 Å². The Morgan fingerprint density at radius 1 is 0.902 bits per heavy atom. The predicted molar refractivity (Wildman–Crippen MR) is 170 cm³/mol. The zero-order valence-electron chi connectivity index (χ0n) is 27.3. The minimum absolute atomic E-state index is 0.0163. The molecule has 8 heteroatoms. The first-order chi connectivity index (χ1) is 18.8. The third kappa shape index (κ3) is 8.33. The summed E-state index contributed by atoms with van der Waals surface area (Å²) in [4.78, 5) is 30.1. The largest absolute Gasteiger partial charge is 0.469 e. The molecule has 0 radical (unpaired) electrons. The van der Waals surface area contributed by atoms with E-state index in [0.29, 0.717) is 45.2 Å². The minimum Gasteiger partial charge on any atom is -0.469 e. The molecule has 232 valence electrons. The number of benzene rings is 1. The van der Waals surface area contributed by atoms with Crippen LogP contribution in [0.3, 0.4) is 0 Å². The summed E-state index contributed by atoms with van der Waals surface area (Å²) in [6.45, 7) is 20.9. The van der Waals surface area contributed by atoms with E-state index in [2.05, 4.69) is 84.7 Å². The molecule has 0 unspecified atom stereocenters. The summed E-state index contributed by atoms with van der Waals surface area (Å²) in [5, 5.41) is 4.14. The normalized spacial score (nSPS) is 13.9. The molecule has 8 nitrogen and oxygen atoms in total. The number of fused-ring (bicyclic) bond motifs is 1. The number of amides is 1. The molecule has 0 aliphatic carbocycles. The van der Waals surface area contributed by atoms with Gasteiger partial charge in [0.15, 0.2) is 0 Å². The lowest BCUT2D eigenvalue weighted by atomic mass is 9.77. The molecule has 1 heterocycles. The van der Waals surface area contributed by atoms with Crippen LogP contribution >= 0.6 is 0 Å². The lowest BCUT2D eigenvalue weighted by Crippen LogP contribution is -2.49. The molecule has 1 atom stereocenters. The van der Waals surface area contributed by atoms with Gasteiger partial charge < -0.3 is 32.2 Å². The second-order valence-corrected chi connectivity index (χ2v) is 14.8. The second-order valence-electron chi connectivity index (χ2n) is 14.8. The van der Waals surface area contributed by atoms with Crippen molar-refractivity contribution in [2.75, 3.05) is 26.7 Å². The van der Waals surface area contributed by atoms with Crippen molar-refractivity contribution >= 4 is 22.8 Å². The summed E-state index contributed by atoms with van der Waals surface area (Å²) in [6.07, 6.45) is 2.66. The van der Waals surface area contributed by atoms with Crippen LogP contribution in [0, 0.1) is 5.41 Å². The highest BCUT2D eigenvalue weighted by molar-refractivity contribution is 5.91.